The number of rotatable bonds is 4. The number of nitrogens with two attached hydrogens (primary N) is 1. The number of benzene rings is 1. The minimum absolute atomic E-state index is 0.0164. The Labute approximate surface area is 169 Å². The second-order valence-corrected chi connectivity index (χ2v) is 7.56. The number of fused-ring (bicyclic) bond motifs is 1. The Morgan fingerprint density at radius 1 is 1.21 bits per heavy atom. The highest BCUT2D eigenvalue weighted by Crippen LogP contribution is 2.36. The van der Waals surface area contributed by atoms with E-state index in [1.165, 1.54) is 12.0 Å². The van der Waals surface area contributed by atoms with Gasteiger partial charge in [-0.15, -0.1) is 0 Å². The lowest BCUT2D eigenvalue weighted by atomic mass is 9.91. The molecule has 2 amide bonds. The molecule has 0 saturated carbocycles. The number of carbonyl (C=O) groups excluding carboxylic acids is 2. The zero-order valence-electron chi connectivity index (χ0n) is 16.6. The molecule has 152 valence electrons. The van der Waals surface area contributed by atoms with Crippen molar-refractivity contribution in [2.75, 3.05) is 34.4 Å². The molecule has 2 aromatic rings. The summed E-state index contributed by atoms with van der Waals surface area (Å²) in [7, 11) is 0. The van der Waals surface area contributed by atoms with Gasteiger partial charge in [0.15, 0.2) is 0 Å². The van der Waals surface area contributed by atoms with Crippen molar-refractivity contribution in [1.29, 1.82) is 0 Å². The average molecular weight is 394 g/mol. The lowest BCUT2D eigenvalue weighted by Gasteiger charge is -2.30. The molecule has 8 heteroatoms. The van der Waals surface area contributed by atoms with Gasteiger partial charge in [0.1, 0.15) is 11.6 Å². The van der Waals surface area contributed by atoms with E-state index < -0.39 is 5.92 Å². The van der Waals surface area contributed by atoms with Crippen molar-refractivity contribution in [3.63, 3.8) is 0 Å². The lowest BCUT2D eigenvalue weighted by molar-refractivity contribution is -0.123. The summed E-state index contributed by atoms with van der Waals surface area (Å²) in [5.41, 5.74) is 8.61. The maximum absolute atomic E-state index is 13.0. The maximum atomic E-state index is 13.0. The van der Waals surface area contributed by atoms with E-state index in [1.807, 2.05) is 24.3 Å². The normalized spacial score (nSPS) is 18.7. The van der Waals surface area contributed by atoms with Crippen molar-refractivity contribution in [1.82, 2.24) is 9.97 Å². The topological polar surface area (TPSA) is 113 Å². The van der Waals surface area contributed by atoms with E-state index >= 15 is 0 Å². The molecule has 1 aromatic heterocycles. The Morgan fingerprint density at radius 3 is 2.62 bits per heavy atom. The zero-order valence-corrected chi connectivity index (χ0v) is 16.6. The minimum atomic E-state index is -0.722. The number of amides is 2. The first kappa shape index (κ1) is 19.2. The van der Waals surface area contributed by atoms with Crippen LogP contribution < -0.4 is 21.3 Å². The number of carbonyl (C=O) groups is 2. The van der Waals surface area contributed by atoms with Crippen molar-refractivity contribution < 1.29 is 9.59 Å². The summed E-state index contributed by atoms with van der Waals surface area (Å²) < 4.78 is 0. The van der Waals surface area contributed by atoms with Gasteiger partial charge >= 0.3 is 0 Å². The first-order valence-corrected chi connectivity index (χ1v) is 10.2. The van der Waals surface area contributed by atoms with Crippen molar-refractivity contribution in [3.05, 3.63) is 35.4 Å². The molecule has 0 radical (unpaired) electrons. The quantitative estimate of drug-likeness (QED) is 0.735. The number of aromatic nitrogens is 2. The van der Waals surface area contributed by atoms with Gasteiger partial charge in [-0.1, -0.05) is 19.1 Å². The fourth-order valence-corrected chi connectivity index (χ4v) is 3.90. The lowest BCUT2D eigenvalue weighted by Crippen LogP contribution is -2.35. The van der Waals surface area contributed by atoms with Crippen LogP contribution in [0, 0.1) is 0 Å². The number of piperidine rings is 1. The number of hydrogen-bond donors (Lipinski definition) is 3. The molecule has 4 N–H and O–H groups in total. The molecule has 1 fully saturated rings. The number of hydrogen-bond acceptors (Lipinski definition) is 6. The van der Waals surface area contributed by atoms with Crippen LogP contribution in [0.1, 0.15) is 49.7 Å². The largest absolute Gasteiger partial charge is 0.383 e. The fraction of sp³-hybridized carbons (Fsp3) is 0.429. The highest BCUT2D eigenvalue weighted by atomic mass is 16.2. The number of nitrogens with one attached hydrogen (secondary N) is 2. The SMILES string of the molecule is CCc1ccc(NC(=O)[C@@H]2CC(=O)Nc3nc(N4CCCCC4)nc(N)c32)cc1. The molecule has 1 saturated heterocycles. The van der Waals surface area contributed by atoms with E-state index in [1.54, 1.807) is 0 Å². The van der Waals surface area contributed by atoms with Crippen LogP contribution in [0.2, 0.25) is 0 Å². The summed E-state index contributed by atoms with van der Waals surface area (Å²) in [6, 6.07) is 7.67. The molecule has 0 aliphatic carbocycles. The summed E-state index contributed by atoms with van der Waals surface area (Å²) in [5.74, 6) is -0.154. The van der Waals surface area contributed by atoms with Gasteiger partial charge in [0.05, 0.1) is 11.5 Å². The Kier molecular flexibility index (Phi) is 5.33. The first-order chi connectivity index (χ1) is 14.0. The summed E-state index contributed by atoms with van der Waals surface area (Å²) in [5, 5.41) is 5.66. The summed E-state index contributed by atoms with van der Waals surface area (Å²) in [6.45, 7) is 3.81. The maximum Gasteiger partial charge on any atom is 0.232 e. The van der Waals surface area contributed by atoms with Crippen LogP contribution in [0.3, 0.4) is 0 Å². The van der Waals surface area contributed by atoms with Crippen molar-refractivity contribution in [2.24, 2.45) is 0 Å². The third kappa shape index (κ3) is 4.01. The van der Waals surface area contributed by atoms with E-state index in [-0.39, 0.29) is 24.1 Å². The Morgan fingerprint density at radius 2 is 1.93 bits per heavy atom. The molecule has 0 bridgehead atoms. The predicted molar refractivity (Wildman–Crippen MR) is 113 cm³/mol. The van der Waals surface area contributed by atoms with Crippen LogP contribution in [0.15, 0.2) is 24.3 Å². The fourth-order valence-electron chi connectivity index (χ4n) is 3.90. The van der Waals surface area contributed by atoms with Gasteiger partial charge in [0.25, 0.3) is 0 Å². The van der Waals surface area contributed by atoms with E-state index in [0.717, 1.165) is 32.4 Å². The second-order valence-electron chi connectivity index (χ2n) is 7.56. The molecule has 0 spiro atoms. The van der Waals surface area contributed by atoms with Crippen LogP contribution in [-0.2, 0) is 16.0 Å². The molecule has 4 rings (SSSR count). The van der Waals surface area contributed by atoms with Gasteiger partial charge in [-0.3, -0.25) is 9.59 Å². The highest BCUT2D eigenvalue weighted by molar-refractivity contribution is 6.05. The van der Waals surface area contributed by atoms with Gasteiger partial charge in [0.2, 0.25) is 17.8 Å². The van der Waals surface area contributed by atoms with Gasteiger partial charge in [0, 0.05) is 25.2 Å². The molecular formula is C21H26N6O2. The van der Waals surface area contributed by atoms with Crippen LogP contribution in [-0.4, -0.2) is 34.9 Å². The van der Waals surface area contributed by atoms with E-state index in [4.69, 9.17) is 5.73 Å². The summed E-state index contributed by atoms with van der Waals surface area (Å²) in [6.07, 6.45) is 4.29. The number of anilines is 4. The first-order valence-electron chi connectivity index (χ1n) is 10.2. The van der Waals surface area contributed by atoms with Crippen molar-refractivity contribution >= 4 is 35.1 Å². The summed E-state index contributed by atoms with van der Waals surface area (Å²) in [4.78, 5) is 36.3. The molecule has 2 aliphatic rings. The van der Waals surface area contributed by atoms with Crippen molar-refractivity contribution in [3.8, 4) is 0 Å². The number of aryl methyl sites for hydroxylation is 1. The van der Waals surface area contributed by atoms with Crippen molar-refractivity contribution in [2.45, 2.75) is 44.9 Å². The molecular weight excluding hydrogens is 368 g/mol. The van der Waals surface area contributed by atoms with E-state index in [2.05, 4.69) is 32.4 Å². The van der Waals surface area contributed by atoms with Crippen LogP contribution in [0.5, 0.6) is 0 Å². The monoisotopic (exact) mass is 394 g/mol. The third-order valence-corrected chi connectivity index (χ3v) is 5.54. The molecule has 8 nitrogen and oxygen atoms in total. The number of nitrogen functional groups attached to an aromatic ring is 1. The summed E-state index contributed by atoms with van der Waals surface area (Å²) >= 11 is 0. The standard InChI is InChI=1S/C21H26N6O2/c1-2-13-6-8-14(9-7-13)23-20(29)15-12-16(28)24-19-17(15)18(22)25-21(26-19)27-10-4-3-5-11-27/h6-9,15H,2-5,10-12H2,1H3,(H,23,29)(H3,22,24,25,26,28)/t15-/m1/s1. The second kappa shape index (κ2) is 8.06. The molecule has 29 heavy (non-hydrogen) atoms. The highest BCUT2D eigenvalue weighted by Gasteiger charge is 2.35. The molecule has 0 unspecified atom stereocenters. The van der Waals surface area contributed by atoms with Gasteiger partial charge < -0.3 is 21.3 Å². The molecule has 2 aliphatic heterocycles. The van der Waals surface area contributed by atoms with Gasteiger partial charge in [-0.25, -0.2) is 0 Å². The van der Waals surface area contributed by atoms with E-state index in [0.29, 0.717) is 23.0 Å². The predicted octanol–water partition coefficient (Wildman–Crippen LogP) is 2.68. The Hall–Kier alpha value is -3.16. The smallest absolute Gasteiger partial charge is 0.232 e. The molecule has 1 atom stereocenters. The Balaban J connectivity index is 1.60. The van der Waals surface area contributed by atoms with Gasteiger partial charge in [-0.05, 0) is 43.4 Å². The number of nitrogens with zero attached hydrogens (tertiary/aromatic N) is 3. The van der Waals surface area contributed by atoms with Crippen LogP contribution >= 0.6 is 0 Å². The minimum Gasteiger partial charge on any atom is -0.383 e. The molecule has 3 heterocycles. The zero-order chi connectivity index (χ0) is 20.4. The van der Waals surface area contributed by atoms with Gasteiger partial charge in [-0.2, -0.15) is 9.97 Å². The van der Waals surface area contributed by atoms with Crippen LogP contribution in [0.4, 0.5) is 23.3 Å². The average Bonchev–Trinajstić information content (AvgIpc) is 2.74. The van der Waals surface area contributed by atoms with E-state index in [9.17, 15) is 9.59 Å². The van der Waals surface area contributed by atoms with Crippen LogP contribution in [0.25, 0.3) is 0 Å². The Bertz CT molecular complexity index is 922. The molecule has 1 aromatic carbocycles. The third-order valence-electron chi connectivity index (χ3n) is 5.54.